The number of pyridine rings is 2. The molecule has 0 bridgehead atoms. The van der Waals surface area contributed by atoms with Crippen molar-refractivity contribution >= 4 is 11.7 Å². The first-order valence-corrected chi connectivity index (χ1v) is 8.87. The van der Waals surface area contributed by atoms with Gasteiger partial charge >= 0.3 is 0 Å². The maximum atomic E-state index is 12.2. The first-order valence-electron chi connectivity index (χ1n) is 8.87. The Balaban J connectivity index is 1.44. The molecule has 130 valence electrons. The van der Waals surface area contributed by atoms with Crippen molar-refractivity contribution in [2.24, 2.45) is 0 Å². The van der Waals surface area contributed by atoms with Gasteiger partial charge in [0.15, 0.2) is 0 Å². The number of hydrogen-bond donors (Lipinski definition) is 2. The van der Waals surface area contributed by atoms with Gasteiger partial charge in [0.2, 0.25) is 0 Å². The fourth-order valence-electron chi connectivity index (χ4n) is 2.89. The zero-order valence-corrected chi connectivity index (χ0v) is 14.4. The lowest BCUT2D eigenvalue weighted by atomic mass is 9.97. The first kappa shape index (κ1) is 17.1. The highest BCUT2D eigenvalue weighted by molar-refractivity contribution is 5.94. The van der Waals surface area contributed by atoms with E-state index in [1.54, 1.807) is 18.5 Å². The van der Waals surface area contributed by atoms with E-state index in [9.17, 15) is 4.79 Å². The van der Waals surface area contributed by atoms with Gasteiger partial charge in [0.1, 0.15) is 5.82 Å². The van der Waals surface area contributed by atoms with Gasteiger partial charge in [0, 0.05) is 18.9 Å². The summed E-state index contributed by atoms with van der Waals surface area (Å²) in [6.07, 6.45) is 11.6. The molecule has 1 aliphatic carbocycles. The van der Waals surface area contributed by atoms with Crippen molar-refractivity contribution in [3.8, 4) is 0 Å². The monoisotopic (exact) mass is 336 g/mol. The predicted octanol–water partition coefficient (Wildman–Crippen LogP) is 3.71. The summed E-state index contributed by atoms with van der Waals surface area (Å²) in [6, 6.07) is 9.41. The number of nitrogens with one attached hydrogen (secondary N) is 2. The van der Waals surface area contributed by atoms with Crippen LogP contribution in [0.2, 0.25) is 0 Å². The van der Waals surface area contributed by atoms with Gasteiger partial charge in [-0.2, -0.15) is 0 Å². The standard InChI is InChI=1S/C20H24N4O/c25-20(22-13-11-16-6-2-1-3-7-16)17-9-10-19(23-14-17)24-15-18-8-4-5-12-21-18/h4-6,8-10,12,14H,1-3,7,11,13,15H2,(H,22,25)(H,23,24). The molecule has 0 fully saturated rings. The van der Waals surface area contributed by atoms with E-state index < -0.39 is 0 Å². The van der Waals surface area contributed by atoms with Gasteiger partial charge in [0.05, 0.1) is 17.8 Å². The molecule has 5 heteroatoms. The molecule has 0 saturated heterocycles. The summed E-state index contributed by atoms with van der Waals surface area (Å²) in [5.41, 5.74) is 3.00. The molecule has 3 rings (SSSR count). The van der Waals surface area contributed by atoms with Gasteiger partial charge in [-0.25, -0.2) is 4.98 Å². The molecule has 2 heterocycles. The van der Waals surface area contributed by atoms with Crippen LogP contribution in [0.15, 0.2) is 54.4 Å². The van der Waals surface area contributed by atoms with E-state index in [4.69, 9.17) is 0 Å². The third-order valence-corrected chi connectivity index (χ3v) is 4.32. The second-order valence-corrected chi connectivity index (χ2v) is 6.22. The van der Waals surface area contributed by atoms with Gasteiger partial charge < -0.3 is 10.6 Å². The second kappa shape index (κ2) is 8.97. The lowest BCUT2D eigenvalue weighted by Gasteiger charge is -2.13. The fourth-order valence-corrected chi connectivity index (χ4v) is 2.89. The van der Waals surface area contributed by atoms with Crippen LogP contribution in [0.25, 0.3) is 0 Å². The molecule has 0 spiro atoms. The number of rotatable bonds is 7. The number of carbonyl (C=O) groups is 1. The van der Waals surface area contributed by atoms with E-state index in [1.165, 1.54) is 31.3 Å². The minimum Gasteiger partial charge on any atom is -0.364 e. The van der Waals surface area contributed by atoms with Crippen LogP contribution in [0, 0.1) is 0 Å². The second-order valence-electron chi connectivity index (χ2n) is 6.22. The summed E-state index contributed by atoms with van der Waals surface area (Å²) < 4.78 is 0. The first-order chi connectivity index (χ1) is 12.3. The lowest BCUT2D eigenvalue weighted by molar-refractivity contribution is 0.0953. The fraction of sp³-hybridized carbons (Fsp3) is 0.350. The SMILES string of the molecule is O=C(NCCC1=CCCCC1)c1ccc(NCc2ccccn2)nc1. The normalized spacial score (nSPS) is 13.8. The van der Waals surface area contributed by atoms with Gasteiger partial charge in [-0.15, -0.1) is 0 Å². The van der Waals surface area contributed by atoms with Gasteiger partial charge in [-0.05, 0) is 56.4 Å². The number of allylic oxidation sites excluding steroid dienone is 1. The van der Waals surface area contributed by atoms with Crippen LogP contribution in [-0.4, -0.2) is 22.4 Å². The van der Waals surface area contributed by atoms with E-state index in [-0.39, 0.29) is 5.91 Å². The van der Waals surface area contributed by atoms with Crippen LogP contribution in [0.5, 0.6) is 0 Å². The van der Waals surface area contributed by atoms with Gasteiger partial charge in [-0.1, -0.05) is 17.7 Å². The average Bonchev–Trinajstić information content (AvgIpc) is 2.68. The Bertz CT molecular complexity index is 710. The smallest absolute Gasteiger partial charge is 0.252 e. The number of aromatic nitrogens is 2. The van der Waals surface area contributed by atoms with E-state index >= 15 is 0 Å². The van der Waals surface area contributed by atoms with Crippen LogP contribution < -0.4 is 10.6 Å². The van der Waals surface area contributed by atoms with Crippen LogP contribution in [-0.2, 0) is 6.54 Å². The van der Waals surface area contributed by atoms with Crippen molar-refractivity contribution in [3.05, 3.63) is 65.6 Å². The summed E-state index contributed by atoms with van der Waals surface area (Å²) in [4.78, 5) is 20.7. The molecule has 2 N–H and O–H groups in total. The van der Waals surface area contributed by atoms with E-state index in [0.29, 0.717) is 18.7 Å². The largest absolute Gasteiger partial charge is 0.364 e. The van der Waals surface area contributed by atoms with Crippen LogP contribution in [0.1, 0.15) is 48.2 Å². The van der Waals surface area contributed by atoms with E-state index in [1.807, 2.05) is 24.3 Å². The number of anilines is 1. The Morgan fingerprint density at radius 3 is 2.80 bits per heavy atom. The Kier molecular flexibility index (Phi) is 6.15. The molecule has 2 aromatic heterocycles. The van der Waals surface area contributed by atoms with Crippen molar-refractivity contribution in [1.29, 1.82) is 0 Å². The molecule has 0 atom stereocenters. The molecule has 1 amide bonds. The van der Waals surface area contributed by atoms with Crippen molar-refractivity contribution in [2.75, 3.05) is 11.9 Å². The van der Waals surface area contributed by atoms with Crippen molar-refractivity contribution in [2.45, 2.75) is 38.6 Å². The predicted molar refractivity (Wildman–Crippen MR) is 99.3 cm³/mol. The maximum Gasteiger partial charge on any atom is 0.252 e. The third kappa shape index (κ3) is 5.41. The molecule has 2 aromatic rings. The van der Waals surface area contributed by atoms with Crippen LogP contribution in [0.4, 0.5) is 5.82 Å². The third-order valence-electron chi connectivity index (χ3n) is 4.32. The molecule has 0 unspecified atom stereocenters. The molecule has 0 aliphatic heterocycles. The van der Waals surface area contributed by atoms with Crippen molar-refractivity contribution in [3.63, 3.8) is 0 Å². The Morgan fingerprint density at radius 2 is 2.08 bits per heavy atom. The summed E-state index contributed by atoms with van der Waals surface area (Å²) in [5.74, 6) is 0.662. The number of carbonyl (C=O) groups excluding carboxylic acids is 1. The summed E-state index contributed by atoms with van der Waals surface area (Å²) in [5, 5.41) is 6.17. The highest BCUT2D eigenvalue weighted by Crippen LogP contribution is 2.19. The molecule has 25 heavy (non-hydrogen) atoms. The molecular weight excluding hydrogens is 312 g/mol. The van der Waals surface area contributed by atoms with E-state index in [2.05, 4.69) is 26.7 Å². The number of hydrogen-bond acceptors (Lipinski definition) is 4. The quantitative estimate of drug-likeness (QED) is 0.757. The molecular formula is C20H24N4O. The van der Waals surface area contributed by atoms with E-state index in [0.717, 1.165) is 17.9 Å². The minimum absolute atomic E-state index is 0.0693. The number of amides is 1. The molecule has 0 radical (unpaired) electrons. The van der Waals surface area contributed by atoms with Crippen LogP contribution >= 0.6 is 0 Å². The zero-order chi connectivity index (χ0) is 17.3. The van der Waals surface area contributed by atoms with Gasteiger partial charge in [-0.3, -0.25) is 9.78 Å². The van der Waals surface area contributed by atoms with Gasteiger partial charge in [0.25, 0.3) is 5.91 Å². The molecule has 5 nitrogen and oxygen atoms in total. The topological polar surface area (TPSA) is 66.9 Å². The molecule has 0 aromatic carbocycles. The average molecular weight is 336 g/mol. The summed E-state index contributed by atoms with van der Waals surface area (Å²) >= 11 is 0. The summed E-state index contributed by atoms with van der Waals surface area (Å²) in [7, 11) is 0. The highest BCUT2D eigenvalue weighted by Gasteiger charge is 2.08. The highest BCUT2D eigenvalue weighted by atomic mass is 16.1. The number of nitrogens with zero attached hydrogens (tertiary/aromatic N) is 2. The molecule has 1 aliphatic rings. The molecule has 0 saturated carbocycles. The van der Waals surface area contributed by atoms with Crippen molar-refractivity contribution < 1.29 is 4.79 Å². The summed E-state index contributed by atoms with van der Waals surface area (Å²) in [6.45, 7) is 1.29. The minimum atomic E-state index is -0.0693. The van der Waals surface area contributed by atoms with Crippen molar-refractivity contribution in [1.82, 2.24) is 15.3 Å². The Labute approximate surface area is 148 Å². The Hall–Kier alpha value is -2.69. The Morgan fingerprint density at radius 1 is 1.12 bits per heavy atom. The maximum absolute atomic E-state index is 12.2. The zero-order valence-electron chi connectivity index (χ0n) is 14.4. The van der Waals surface area contributed by atoms with Crippen LogP contribution in [0.3, 0.4) is 0 Å². The lowest BCUT2D eigenvalue weighted by Crippen LogP contribution is -2.25.